The molecule has 0 heterocycles. The summed E-state index contributed by atoms with van der Waals surface area (Å²) in [5, 5.41) is 0. The van der Waals surface area contributed by atoms with Crippen LogP contribution in [0.2, 0.25) is 0 Å². The van der Waals surface area contributed by atoms with Crippen LogP contribution in [-0.2, 0) is 9.53 Å². The van der Waals surface area contributed by atoms with Crippen LogP contribution in [-0.4, -0.2) is 19.0 Å². The van der Waals surface area contributed by atoms with E-state index in [-0.39, 0.29) is 16.7 Å². The predicted molar refractivity (Wildman–Crippen MR) is 101 cm³/mol. The summed E-state index contributed by atoms with van der Waals surface area (Å²) >= 11 is 0. The number of allylic oxidation sites excluding steroid dienone is 1. The molecule has 0 aliphatic heterocycles. The maximum Gasteiger partial charge on any atom is 0.145 e. The largest absolute Gasteiger partial charge is 0.381 e. The van der Waals surface area contributed by atoms with E-state index in [1.54, 1.807) is 0 Å². The molecule has 0 radical (unpaired) electrons. The lowest BCUT2D eigenvalue weighted by Gasteiger charge is -2.68. The molecule has 2 nitrogen and oxygen atoms in total. The molecule has 2 unspecified atom stereocenters. The highest BCUT2D eigenvalue weighted by molar-refractivity contribution is 5.89. The first-order valence-corrected chi connectivity index (χ1v) is 10.5. The maximum absolute atomic E-state index is 13.6. The lowest BCUT2D eigenvalue weighted by molar-refractivity contribution is -0.217. The molecule has 0 amide bonds. The molecule has 0 aromatic carbocycles. The van der Waals surface area contributed by atoms with Gasteiger partial charge in [0.05, 0.1) is 6.10 Å². The van der Waals surface area contributed by atoms with Crippen molar-refractivity contribution in [1.29, 1.82) is 0 Å². The van der Waals surface area contributed by atoms with Crippen LogP contribution in [0.5, 0.6) is 0 Å². The van der Waals surface area contributed by atoms with Gasteiger partial charge in [-0.25, -0.2) is 0 Å². The van der Waals surface area contributed by atoms with E-state index < -0.39 is 0 Å². The van der Waals surface area contributed by atoms with Crippen LogP contribution in [0, 0.1) is 45.8 Å². The Bertz CT molecular complexity index is 597. The van der Waals surface area contributed by atoms with Crippen molar-refractivity contribution in [2.75, 3.05) is 7.11 Å². The Morgan fingerprint density at radius 3 is 2.52 bits per heavy atom. The smallest absolute Gasteiger partial charge is 0.145 e. The first kappa shape index (κ1) is 17.8. The zero-order chi connectivity index (χ0) is 18.2. The lowest BCUT2D eigenvalue weighted by Crippen LogP contribution is -2.65. The summed E-state index contributed by atoms with van der Waals surface area (Å²) < 4.78 is 5.94. The second-order valence-corrected chi connectivity index (χ2v) is 10.3. The van der Waals surface area contributed by atoms with E-state index in [1.165, 1.54) is 25.7 Å². The van der Waals surface area contributed by atoms with Crippen molar-refractivity contribution < 1.29 is 9.53 Å². The Morgan fingerprint density at radius 1 is 1.16 bits per heavy atom. The summed E-state index contributed by atoms with van der Waals surface area (Å²) in [6, 6.07) is 0. The van der Waals surface area contributed by atoms with Gasteiger partial charge in [0.15, 0.2) is 0 Å². The Kier molecular flexibility index (Phi) is 3.87. The Morgan fingerprint density at radius 2 is 1.88 bits per heavy atom. The van der Waals surface area contributed by atoms with Crippen LogP contribution in [0.1, 0.15) is 66.2 Å². The van der Waals surface area contributed by atoms with Gasteiger partial charge >= 0.3 is 0 Å². The number of hydrogen-bond donors (Lipinski definition) is 0. The van der Waals surface area contributed by atoms with Gasteiger partial charge in [-0.2, -0.15) is 0 Å². The van der Waals surface area contributed by atoms with Crippen molar-refractivity contribution in [1.82, 2.24) is 0 Å². The van der Waals surface area contributed by atoms with Crippen LogP contribution in [0.4, 0.5) is 0 Å². The number of ether oxygens (including phenoxy) is 1. The Balaban J connectivity index is 1.86. The molecule has 25 heavy (non-hydrogen) atoms. The van der Waals surface area contributed by atoms with Crippen molar-refractivity contribution >= 4 is 5.78 Å². The van der Waals surface area contributed by atoms with Gasteiger partial charge in [-0.15, -0.1) is 6.58 Å². The average molecular weight is 345 g/mol. The van der Waals surface area contributed by atoms with E-state index >= 15 is 0 Å². The van der Waals surface area contributed by atoms with Crippen LogP contribution >= 0.6 is 0 Å². The number of carbonyl (C=O) groups is 1. The van der Waals surface area contributed by atoms with Crippen molar-refractivity contribution in [2.24, 2.45) is 45.8 Å². The van der Waals surface area contributed by atoms with Gasteiger partial charge in [0, 0.05) is 18.4 Å². The third kappa shape index (κ3) is 1.98. The molecule has 5 aliphatic carbocycles. The summed E-state index contributed by atoms with van der Waals surface area (Å²) in [4.78, 5) is 13.6. The van der Waals surface area contributed by atoms with Gasteiger partial charge in [0.1, 0.15) is 5.78 Å². The van der Waals surface area contributed by atoms with E-state index in [9.17, 15) is 4.79 Å². The molecule has 0 aromatic rings. The van der Waals surface area contributed by atoms with Gasteiger partial charge in [-0.1, -0.05) is 26.8 Å². The first-order valence-electron chi connectivity index (χ1n) is 10.5. The second-order valence-electron chi connectivity index (χ2n) is 10.3. The minimum Gasteiger partial charge on any atom is -0.381 e. The fourth-order valence-electron chi connectivity index (χ4n) is 7.96. The standard InChI is InChI=1S/C23H36O2/c1-7-21(4)10-11-22(5)14(2)12-16-17-13-19(22)23(17,15(3)20(21)24)9-8-18(16)25-6/h7,14-19H,1,8-13H2,2-6H3/t14-,15+,16+,17?,18?,19-,21-,22-,23+/m1/s1. The molecule has 5 rings (SSSR count). The van der Waals surface area contributed by atoms with Crippen LogP contribution in [0.3, 0.4) is 0 Å². The zero-order valence-corrected chi connectivity index (χ0v) is 16.8. The molecule has 0 aromatic heterocycles. The molecule has 0 N–H and O–H groups in total. The molecule has 2 heteroatoms. The summed E-state index contributed by atoms with van der Waals surface area (Å²) in [5.41, 5.74) is 0.228. The maximum atomic E-state index is 13.6. The van der Waals surface area contributed by atoms with Crippen LogP contribution in [0.25, 0.3) is 0 Å². The molecule has 9 atom stereocenters. The van der Waals surface area contributed by atoms with E-state index in [2.05, 4.69) is 34.3 Å². The molecule has 1 spiro atoms. The molecular weight excluding hydrogens is 308 g/mol. The van der Waals surface area contributed by atoms with E-state index in [4.69, 9.17) is 4.74 Å². The van der Waals surface area contributed by atoms with Crippen molar-refractivity contribution in [3.63, 3.8) is 0 Å². The SMILES string of the molecule is C=C[C@]1(C)CC[C@]2(C)[C@H](C)C[C@@H]3C(OC)CC[C@@]4(C3C[C@H]24)[C@@H](C)C1=O. The number of fused-ring (bicyclic) bond motifs is 1. The molecule has 5 bridgehead atoms. The van der Waals surface area contributed by atoms with Gasteiger partial charge in [-0.05, 0) is 80.0 Å². The second kappa shape index (κ2) is 5.44. The number of methoxy groups -OCH3 is 1. The fourth-order valence-corrected chi connectivity index (χ4v) is 7.96. The monoisotopic (exact) mass is 344 g/mol. The topological polar surface area (TPSA) is 26.3 Å². The normalized spacial score (nSPS) is 57.7. The van der Waals surface area contributed by atoms with Crippen LogP contribution in [0.15, 0.2) is 12.7 Å². The van der Waals surface area contributed by atoms with Crippen LogP contribution < -0.4 is 0 Å². The van der Waals surface area contributed by atoms with Gasteiger partial charge in [0.25, 0.3) is 0 Å². The highest BCUT2D eigenvalue weighted by Crippen LogP contribution is 2.76. The minimum atomic E-state index is -0.349. The first-order chi connectivity index (χ1) is 11.7. The Labute approximate surface area is 153 Å². The van der Waals surface area contributed by atoms with Gasteiger partial charge in [0.2, 0.25) is 0 Å². The summed E-state index contributed by atoms with van der Waals surface area (Å²) in [7, 11) is 1.89. The third-order valence-corrected chi connectivity index (χ3v) is 9.93. The zero-order valence-electron chi connectivity index (χ0n) is 16.8. The van der Waals surface area contributed by atoms with Crippen molar-refractivity contribution in [2.45, 2.75) is 72.3 Å². The number of carbonyl (C=O) groups excluding carboxylic acids is 1. The van der Waals surface area contributed by atoms with Crippen molar-refractivity contribution in [3.8, 4) is 0 Å². The van der Waals surface area contributed by atoms with E-state index in [1.807, 2.05) is 13.2 Å². The highest BCUT2D eigenvalue weighted by atomic mass is 16.5. The quantitative estimate of drug-likeness (QED) is 0.638. The predicted octanol–water partition coefficient (Wildman–Crippen LogP) is 5.27. The molecule has 5 fully saturated rings. The highest BCUT2D eigenvalue weighted by Gasteiger charge is 2.71. The molecule has 0 saturated heterocycles. The minimum absolute atomic E-state index is 0.157. The lowest BCUT2D eigenvalue weighted by atomic mass is 9.35. The van der Waals surface area contributed by atoms with E-state index in [0.717, 1.165) is 18.8 Å². The molecular formula is C23H36O2. The number of ketones is 1. The number of rotatable bonds is 2. The summed E-state index contributed by atoms with van der Waals surface area (Å²) in [6.45, 7) is 13.5. The fraction of sp³-hybridized carbons (Fsp3) is 0.870. The average Bonchev–Trinajstić information content (AvgIpc) is 2.73. The molecule has 5 aliphatic rings. The molecule has 140 valence electrons. The third-order valence-electron chi connectivity index (χ3n) is 9.93. The Hall–Kier alpha value is -0.630. The van der Waals surface area contributed by atoms with Gasteiger partial charge in [-0.3, -0.25) is 4.79 Å². The molecule has 5 saturated carbocycles. The van der Waals surface area contributed by atoms with Crippen molar-refractivity contribution in [3.05, 3.63) is 12.7 Å². The summed E-state index contributed by atoms with van der Waals surface area (Å²) in [6.07, 6.45) is 9.42. The van der Waals surface area contributed by atoms with Gasteiger partial charge < -0.3 is 4.74 Å². The van der Waals surface area contributed by atoms with E-state index in [0.29, 0.717) is 35.1 Å². The summed E-state index contributed by atoms with van der Waals surface area (Å²) in [5.74, 6) is 3.38. The number of hydrogen-bond acceptors (Lipinski definition) is 2. The number of Topliss-reactive ketones (excluding diaryl/α,β-unsaturated/α-hetero) is 1.